The van der Waals surface area contributed by atoms with Crippen LogP contribution in [0.3, 0.4) is 0 Å². The van der Waals surface area contributed by atoms with E-state index < -0.39 is 8.60 Å². The van der Waals surface area contributed by atoms with Crippen LogP contribution >= 0.6 is 8.60 Å². The molecule has 7 heteroatoms. The van der Waals surface area contributed by atoms with E-state index in [0.717, 1.165) is 24.8 Å². The molecule has 3 N–H and O–H groups in total. The lowest BCUT2D eigenvalue weighted by Gasteiger charge is -2.09. The van der Waals surface area contributed by atoms with Gasteiger partial charge in [-0.1, -0.05) is 36.8 Å². The summed E-state index contributed by atoms with van der Waals surface area (Å²) in [6.07, 6.45) is 2.73. The summed E-state index contributed by atoms with van der Waals surface area (Å²) in [4.78, 5) is 20.8. The van der Waals surface area contributed by atoms with Crippen LogP contribution in [0.5, 0.6) is 0 Å². The summed E-state index contributed by atoms with van der Waals surface area (Å²) < 4.78 is 15.2. The van der Waals surface area contributed by atoms with Crippen LogP contribution in [0.1, 0.15) is 31.2 Å². The van der Waals surface area contributed by atoms with Gasteiger partial charge in [-0.05, 0) is 18.4 Å². The predicted octanol–water partition coefficient (Wildman–Crippen LogP) is 2.50. The van der Waals surface area contributed by atoms with Crippen LogP contribution in [-0.2, 0) is 25.2 Å². The summed E-state index contributed by atoms with van der Waals surface area (Å²) in [7, 11) is -1.82. The van der Waals surface area contributed by atoms with Crippen LogP contribution in [0.15, 0.2) is 30.3 Å². The maximum Gasteiger partial charge on any atom is 0.329 e. The molecular weight excluding hydrogens is 305 g/mol. The van der Waals surface area contributed by atoms with Crippen molar-refractivity contribution >= 4 is 14.6 Å². The lowest BCUT2D eigenvalue weighted by Crippen LogP contribution is -2.06. The molecule has 6 nitrogen and oxygen atoms in total. The second-order valence-corrected chi connectivity index (χ2v) is 5.64. The molecule has 0 bridgehead atoms. The van der Waals surface area contributed by atoms with Gasteiger partial charge >= 0.3 is 14.6 Å². The summed E-state index contributed by atoms with van der Waals surface area (Å²) >= 11 is 0. The van der Waals surface area contributed by atoms with Gasteiger partial charge in [0.25, 0.3) is 0 Å². The average molecular weight is 329 g/mol. The molecule has 0 aliphatic rings. The minimum atomic E-state index is -1.82. The van der Waals surface area contributed by atoms with Crippen LogP contribution < -0.4 is 5.73 Å². The van der Waals surface area contributed by atoms with Crippen LogP contribution in [0.25, 0.3) is 0 Å². The Morgan fingerprint density at radius 3 is 2.55 bits per heavy atom. The van der Waals surface area contributed by atoms with Gasteiger partial charge in [-0.2, -0.15) is 0 Å². The maximum atomic E-state index is 11.6. The molecule has 0 aliphatic carbocycles. The van der Waals surface area contributed by atoms with E-state index in [1.54, 1.807) is 0 Å². The Bertz CT molecular complexity index is 404. The highest BCUT2D eigenvalue weighted by Gasteiger charge is 2.06. The zero-order valence-corrected chi connectivity index (χ0v) is 13.5. The molecule has 0 aromatic heterocycles. The Morgan fingerprint density at radius 2 is 1.82 bits per heavy atom. The highest BCUT2D eigenvalue weighted by Crippen LogP contribution is 2.32. The van der Waals surface area contributed by atoms with Gasteiger partial charge in [-0.25, -0.2) is 0 Å². The summed E-state index contributed by atoms with van der Waals surface area (Å²) in [5, 5.41) is 0. The number of rotatable bonds is 12. The summed E-state index contributed by atoms with van der Waals surface area (Å²) in [5.41, 5.74) is 6.22. The van der Waals surface area contributed by atoms with E-state index in [0.29, 0.717) is 26.2 Å². The van der Waals surface area contributed by atoms with Crippen LogP contribution in [0, 0.1) is 0 Å². The monoisotopic (exact) mass is 329 g/mol. The van der Waals surface area contributed by atoms with Crippen LogP contribution in [0.2, 0.25) is 0 Å². The van der Waals surface area contributed by atoms with Crippen LogP contribution in [0.4, 0.5) is 0 Å². The molecule has 0 fully saturated rings. The van der Waals surface area contributed by atoms with Gasteiger partial charge in [0.2, 0.25) is 0 Å². The number of hydrogen-bond acceptors (Lipinski definition) is 6. The van der Waals surface area contributed by atoms with Gasteiger partial charge in [0.15, 0.2) is 0 Å². The molecular formula is C15H24NO5P. The number of unbranched alkanes of at least 4 members (excludes halogenated alkanes) is 2. The minimum absolute atomic E-state index is 0.194. The van der Waals surface area contributed by atoms with E-state index in [1.165, 1.54) is 0 Å². The largest absolute Gasteiger partial charge is 0.461 e. The van der Waals surface area contributed by atoms with E-state index in [2.05, 4.69) is 0 Å². The third-order valence-corrected chi connectivity index (χ3v) is 3.60. The van der Waals surface area contributed by atoms with Gasteiger partial charge < -0.3 is 24.4 Å². The second-order valence-electron chi connectivity index (χ2n) is 4.65. The van der Waals surface area contributed by atoms with Gasteiger partial charge in [-0.15, -0.1) is 0 Å². The summed E-state index contributed by atoms with van der Waals surface area (Å²) in [6.45, 7) is 1.37. The van der Waals surface area contributed by atoms with E-state index >= 15 is 0 Å². The number of carbonyl (C=O) groups excluding carboxylic acids is 1. The fourth-order valence-corrected chi connectivity index (χ4v) is 2.29. The van der Waals surface area contributed by atoms with Crippen molar-refractivity contribution in [2.45, 2.75) is 32.3 Å². The zero-order chi connectivity index (χ0) is 16.0. The lowest BCUT2D eigenvalue weighted by atomic mass is 10.2. The highest BCUT2D eigenvalue weighted by molar-refractivity contribution is 7.40. The standard InChI is InChI=1S/C15H24NO5P/c16-10-12-21-22(18)20-11-6-2-5-9-15(17)19-13-14-7-3-1-4-8-14/h1,3-4,7-8,18H,2,5-6,9-13,16H2. The third-order valence-electron chi connectivity index (χ3n) is 2.79. The first-order chi connectivity index (χ1) is 10.7. The first-order valence-electron chi connectivity index (χ1n) is 7.37. The van der Waals surface area contributed by atoms with Crippen LogP contribution in [-0.4, -0.2) is 30.6 Å². The number of carbonyl (C=O) groups is 1. The van der Waals surface area contributed by atoms with Gasteiger partial charge in [0, 0.05) is 13.0 Å². The molecule has 0 radical (unpaired) electrons. The summed E-state index contributed by atoms with van der Waals surface area (Å²) in [5.74, 6) is -0.194. The SMILES string of the molecule is NCCOP(O)OCCCCCC(=O)OCc1ccccc1. The van der Waals surface area contributed by atoms with Gasteiger partial charge in [0.05, 0.1) is 13.2 Å². The van der Waals surface area contributed by atoms with Crippen molar-refractivity contribution in [3.8, 4) is 0 Å². The highest BCUT2D eigenvalue weighted by atomic mass is 31.2. The smallest absolute Gasteiger partial charge is 0.329 e. The molecule has 1 atom stereocenters. The Labute approximate surface area is 132 Å². The molecule has 124 valence electrons. The normalized spacial score (nSPS) is 12.1. The topological polar surface area (TPSA) is 91.0 Å². The average Bonchev–Trinajstić information content (AvgIpc) is 2.55. The molecule has 0 saturated carbocycles. The summed E-state index contributed by atoms with van der Waals surface area (Å²) in [6, 6.07) is 9.59. The zero-order valence-electron chi connectivity index (χ0n) is 12.6. The molecule has 0 amide bonds. The van der Waals surface area contributed by atoms with Crippen molar-refractivity contribution in [3.05, 3.63) is 35.9 Å². The van der Waals surface area contributed by atoms with E-state index in [4.69, 9.17) is 19.5 Å². The number of ether oxygens (including phenoxy) is 1. The van der Waals surface area contributed by atoms with Crippen molar-refractivity contribution in [1.29, 1.82) is 0 Å². The minimum Gasteiger partial charge on any atom is -0.461 e. The second kappa shape index (κ2) is 12.5. The van der Waals surface area contributed by atoms with Gasteiger partial charge in [-0.3, -0.25) is 4.79 Å². The Balaban J connectivity index is 1.94. The number of esters is 1. The maximum absolute atomic E-state index is 11.6. The molecule has 0 aliphatic heterocycles. The van der Waals surface area contributed by atoms with Crippen molar-refractivity contribution in [1.82, 2.24) is 0 Å². The molecule has 1 rings (SSSR count). The predicted molar refractivity (Wildman–Crippen MR) is 84.8 cm³/mol. The van der Waals surface area contributed by atoms with E-state index in [-0.39, 0.29) is 12.6 Å². The first kappa shape index (κ1) is 19.0. The molecule has 0 heterocycles. The Morgan fingerprint density at radius 1 is 1.09 bits per heavy atom. The lowest BCUT2D eigenvalue weighted by molar-refractivity contribution is -0.145. The van der Waals surface area contributed by atoms with Crippen molar-refractivity contribution in [2.24, 2.45) is 5.73 Å². The van der Waals surface area contributed by atoms with E-state index in [9.17, 15) is 9.69 Å². The molecule has 0 spiro atoms. The Kier molecular flexibility index (Phi) is 10.8. The third kappa shape index (κ3) is 9.82. The molecule has 0 saturated heterocycles. The number of benzene rings is 1. The van der Waals surface area contributed by atoms with Gasteiger partial charge in [0.1, 0.15) is 6.61 Å². The fourth-order valence-electron chi connectivity index (χ4n) is 1.67. The molecule has 1 aromatic rings. The Hall–Kier alpha value is -1.04. The van der Waals surface area contributed by atoms with Crippen molar-refractivity contribution < 1.29 is 23.5 Å². The van der Waals surface area contributed by atoms with E-state index in [1.807, 2.05) is 30.3 Å². The molecule has 1 unspecified atom stereocenters. The quantitative estimate of drug-likeness (QED) is 0.348. The molecule has 1 aromatic carbocycles. The number of hydrogen-bond donors (Lipinski definition) is 2. The fraction of sp³-hybridized carbons (Fsp3) is 0.533. The number of nitrogens with two attached hydrogens (primary N) is 1. The first-order valence-corrected chi connectivity index (χ1v) is 8.50. The van der Waals surface area contributed by atoms with Crippen molar-refractivity contribution in [3.63, 3.8) is 0 Å². The van der Waals surface area contributed by atoms with Crippen molar-refractivity contribution in [2.75, 3.05) is 19.8 Å². The molecule has 22 heavy (non-hydrogen) atoms.